The Bertz CT molecular complexity index is 502. The first-order valence-electron chi connectivity index (χ1n) is 6.19. The molecule has 2 N–H and O–H groups in total. The van der Waals surface area contributed by atoms with Gasteiger partial charge in [0.15, 0.2) is 0 Å². The first kappa shape index (κ1) is 11.2. The lowest BCUT2D eigenvalue weighted by atomic mass is 9.96. The van der Waals surface area contributed by atoms with Crippen LogP contribution in [0, 0.1) is 0 Å². The predicted octanol–water partition coefficient (Wildman–Crippen LogP) is 3.47. The summed E-state index contributed by atoms with van der Waals surface area (Å²) < 4.78 is 7.11. The Morgan fingerprint density at radius 2 is 2.24 bits per heavy atom. The minimum Gasteiger partial charge on any atom is -0.376 e. The molecule has 0 spiro atoms. The maximum atomic E-state index is 6.38. The summed E-state index contributed by atoms with van der Waals surface area (Å²) in [4.78, 5) is 0. The summed E-state index contributed by atoms with van der Waals surface area (Å²) in [5.74, 6) is 0. The molecule has 0 amide bonds. The van der Waals surface area contributed by atoms with Crippen LogP contribution in [0.1, 0.15) is 30.9 Å². The fourth-order valence-electron chi connectivity index (χ4n) is 2.53. The van der Waals surface area contributed by atoms with Crippen LogP contribution in [0.4, 0.5) is 0 Å². The van der Waals surface area contributed by atoms with Gasteiger partial charge in [0, 0.05) is 11.3 Å². The molecule has 2 heterocycles. The van der Waals surface area contributed by atoms with Crippen LogP contribution in [0.5, 0.6) is 0 Å². The molecular weight excluding hydrogens is 230 g/mol. The fourth-order valence-corrected chi connectivity index (χ4v) is 3.49. The number of hydrogen-bond donors (Lipinski definition) is 1. The second-order valence-electron chi connectivity index (χ2n) is 4.62. The van der Waals surface area contributed by atoms with Gasteiger partial charge in [-0.05, 0) is 41.7 Å². The number of nitrogens with two attached hydrogens (primary N) is 1. The van der Waals surface area contributed by atoms with E-state index in [-0.39, 0.29) is 12.1 Å². The number of thiophene rings is 1. The number of hydrogen-bond acceptors (Lipinski definition) is 3. The summed E-state index contributed by atoms with van der Waals surface area (Å²) in [7, 11) is 0. The Balaban J connectivity index is 1.94. The Morgan fingerprint density at radius 1 is 1.29 bits per heavy atom. The summed E-state index contributed by atoms with van der Waals surface area (Å²) in [6, 6.07) is 8.54. The number of rotatable bonds is 2. The van der Waals surface area contributed by atoms with Gasteiger partial charge in [0.2, 0.25) is 0 Å². The van der Waals surface area contributed by atoms with Crippen LogP contribution in [-0.4, -0.2) is 12.7 Å². The van der Waals surface area contributed by atoms with Crippen LogP contribution in [0.3, 0.4) is 0 Å². The SMILES string of the molecule is NC(c1cccc2ccsc12)C1CCCCO1. The van der Waals surface area contributed by atoms with Crippen molar-refractivity contribution in [3.05, 3.63) is 35.2 Å². The molecule has 1 aromatic carbocycles. The highest BCUT2D eigenvalue weighted by Crippen LogP contribution is 2.32. The zero-order valence-corrected chi connectivity index (χ0v) is 10.6. The average Bonchev–Trinajstić information content (AvgIpc) is 2.87. The number of fused-ring (bicyclic) bond motifs is 1. The molecule has 0 aliphatic carbocycles. The Labute approximate surface area is 105 Å². The molecule has 1 aliphatic heterocycles. The molecule has 0 radical (unpaired) electrons. The molecule has 3 rings (SSSR count). The third kappa shape index (κ3) is 2.10. The van der Waals surface area contributed by atoms with E-state index in [2.05, 4.69) is 29.6 Å². The Kier molecular flexibility index (Phi) is 3.14. The molecule has 2 aromatic rings. The summed E-state index contributed by atoms with van der Waals surface area (Å²) in [5, 5.41) is 3.42. The van der Waals surface area contributed by atoms with Crippen molar-refractivity contribution >= 4 is 21.4 Å². The van der Waals surface area contributed by atoms with Crippen molar-refractivity contribution in [1.29, 1.82) is 0 Å². The largest absolute Gasteiger partial charge is 0.376 e. The molecule has 0 saturated carbocycles. The van der Waals surface area contributed by atoms with Gasteiger partial charge in [-0.1, -0.05) is 18.2 Å². The Morgan fingerprint density at radius 3 is 3.06 bits per heavy atom. The maximum absolute atomic E-state index is 6.38. The van der Waals surface area contributed by atoms with Gasteiger partial charge >= 0.3 is 0 Å². The monoisotopic (exact) mass is 247 g/mol. The van der Waals surface area contributed by atoms with Crippen molar-refractivity contribution in [2.45, 2.75) is 31.4 Å². The minimum absolute atomic E-state index is 0.0117. The maximum Gasteiger partial charge on any atom is 0.0768 e. The molecule has 1 fully saturated rings. The lowest BCUT2D eigenvalue weighted by Crippen LogP contribution is -2.31. The normalized spacial score (nSPS) is 22.8. The van der Waals surface area contributed by atoms with Crippen LogP contribution in [0.15, 0.2) is 29.6 Å². The van der Waals surface area contributed by atoms with Crippen molar-refractivity contribution < 1.29 is 4.74 Å². The van der Waals surface area contributed by atoms with E-state index in [1.807, 2.05) is 0 Å². The smallest absolute Gasteiger partial charge is 0.0768 e. The minimum atomic E-state index is 0.0117. The zero-order chi connectivity index (χ0) is 11.7. The van der Waals surface area contributed by atoms with Crippen LogP contribution >= 0.6 is 11.3 Å². The summed E-state index contributed by atoms with van der Waals surface area (Å²) in [6.45, 7) is 0.860. The molecule has 2 atom stereocenters. The van der Waals surface area contributed by atoms with Crippen LogP contribution in [-0.2, 0) is 4.74 Å². The Hall–Kier alpha value is -0.900. The number of benzene rings is 1. The van der Waals surface area contributed by atoms with E-state index in [9.17, 15) is 0 Å². The van der Waals surface area contributed by atoms with Crippen molar-refractivity contribution in [1.82, 2.24) is 0 Å². The summed E-state index contributed by atoms with van der Waals surface area (Å²) >= 11 is 1.77. The van der Waals surface area contributed by atoms with E-state index >= 15 is 0 Å². The highest BCUT2D eigenvalue weighted by molar-refractivity contribution is 7.17. The topological polar surface area (TPSA) is 35.2 Å². The first-order chi connectivity index (χ1) is 8.36. The molecule has 0 bridgehead atoms. The second kappa shape index (κ2) is 4.77. The molecule has 90 valence electrons. The molecule has 1 aliphatic rings. The van der Waals surface area contributed by atoms with Gasteiger partial charge in [0.1, 0.15) is 0 Å². The molecule has 1 saturated heterocycles. The van der Waals surface area contributed by atoms with Gasteiger partial charge in [0.25, 0.3) is 0 Å². The van der Waals surface area contributed by atoms with E-state index in [4.69, 9.17) is 10.5 Å². The first-order valence-corrected chi connectivity index (χ1v) is 7.07. The van der Waals surface area contributed by atoms with Crippen LogP contribution < -0.4 is 5.73 Å². The number of ether oxygens (including phenoxy) is 1. The molecule has 2 unspecified atom stereocenters. The van der Waals surface area contributed by atoms with E-state index in [1.54, 1.807) is 11.3 Å². The summed E-state index contributed by atoms with van der Waals surface area (Å²) in [5.41, 5.74) is 7.62. The standard InChI is InChI=1S/C14H17NOS/c15-13(12-6-1-2-8-16-12)11-5-3-4-10-7-9-17-14(10)11/h3-5,7,9,12-13H,1-2,6,8,15H2. The molecule has 2 nitrogen and oxygen atoms in total. The lowest BCUT2D eigenvalue weighted by molar-refractivity contribution is 0.000304. The molecular formula is C14H17NOS. The van der Waals surface area contributed by atoms with E-state index in [0.29, 0.717) is 0 Å². The van der Waals surface area contributed by atoms with Gasteiger partial charge < -0.3 is 10.5 Å². The van der Waals surface area contributed by atoms with Crippen molar-refractivity contribution in [3.63, 3.8) is 0 Å². The van der Waals surface area contributed by atoms with Crippen molar-refractivity contribution in [2.24, 2.45) is 5.73 Å². The highest BCUT2D eigenvalue weighted by atomic mass is 32.1. The van der Waals surface area contributed by atoms with Gasteiger partial charge in [-0.2, -0.15) is 0 Å². The second-order valence-corrected chi connectivity index (χ2v) is 5.53. The van der Waals surface area contributed by atoms with Gasteiger partial charge in [-0.15, -0.1) is 11.3 Å². The summed E-state index contributed by atoms with van der Waals surface area (Å²) in [6.07, 6.45) is 3.69. The van der Waals surface area contributed by atoms with Crippen molar-refractivity contribution in [3.8, 4) is 0 Å². The fraction of sp³-hybridized carbons (Fsp3) is 0.429. The molecule has 3 heteroatoms. The third-order valence-corrected chi connectivity index (χ3v) is 4.46. The quantitative estimate of drug-likeness (QED) is 0.882. The van der Waals surface area contributed by atoms with Crippen molar-refractivity contribution in [2.75, 3.05) is 6.61 Å². The van der Waals surface area contributed by atoms with Gasteiger partial charge in [0.05, 0.1) is 12.1 Å². The molecule has 1 aromatic heterocycles. The van der Waals surface area contributed by atoms with E-state index in [0.717, 1.165) is 13.0 Å². The van der Waals surface area contributed by atoms with Gasteiger partial charge in [-0.3, -0.25) is 0 Å². The highest BCUT2D eigenvalue weighted by Gasteiger charge is 2.24. The van der Waals surface area contributed by atoms with Crippen LogP contribution in [0.2, 0.25) is 0 Å². The van der Waals surface area contributed by atoms with Crippen LogP contribution in [0.25, 0.3) is 10.1 Å². The lowest BCUT2D eigenvalue weighted by Gasteiger charge is -2.28. The van der Waals surface area contributed by atoms with Gasteiger partial charge in [-0.25, -0.2) is 0 Å². The zero-order valence-electron chi connectivity index (χ0n) is 9.76. The van der Waals surface area contributed by atoms with E-state index in [1.165, 1.54) is 28.5 Å². The third-order valence-electron chi connectivity index (χ3n) is 3.48. The predicted molar refractivity (Wildman–Crippen MR) is 72.3 cm³/mol. The molecule has 17 heavy (non-hydrogen) atoms. The average molecular weight is 247 g/mol. The van der Waals surface area contributed by atoms with E-state index < -0.39 is 0 Å².